The van der Waals surface area contributed by atoms with Gasteiger partial charge < -0.3 is 4.74 Å². The molecule has 3 aromatic rings. The monoisotopic (exact) mass is 314 g/mol. The summed E-state index contributed by atoms with van der Waals surface area (Å²) in [6.45, 7) is 0.645. The van der Waals surface area contributed by atoms with Gasteiger partial charge in [-0.1, -0.05) is 0 Å². The summed E-state index contributed by atoms with van der Waals surface area (Å²) >= 11 is 0. The van der Waals surface area contributed by atoms with Gasteiger partial charge in [-0.3, -0.25) is 20.2 Å². The van der Waals surface area contributed by atoms with Gasteiger partial charge in [0.2, 0.25) is 0 Å². The first kappa shape index (κ1) is 13.8. The average Bonchev–Trinajstić information content (AvgIpc) is 3.22. The molecule has 0 bridgehead atoms. The van der Waals surface area contributed by atoms with Gasteiger partial charge in [-0.15, -0.1) is 0 Å². The van der Waals surface area contributed by atoms with Gasteiger partial charge in [-0.2, -0.15) is 10.2 Å². The Balaban J connectivity index is 1.79. The van der Waals surface area contributed by atoms with Gasteiger partial charge in [-0.05, 0) is 25.3 Å². The molecule has 9 nitrogen and oxygen atoms in total. The maximum Gasteiger partial charge on any atom is 0.316 e. The highest BCUT2D eigenvalue weighted by molar-refractivity contribution is 5.81. The molecule has 1 aliphatic heterocycles. The molecular weight excluding hydrogens is 300 g/mol. The van der Waals surface area contributed by atoms with Crippen LogP contribution in [0.1, 0.15) is 25.5 Å². The Hall–Kier alpha value is -2.81. The molecule has 4 heterocycles. The highest BCUT2D eigenvalue weighted by atomic mass is 16.6. The van der Waals surface area contributed by atoms with Gasteiger partial charge in [0, 0.05) is 18.2 Å². The van der Waals surface area contributed by atoms with Crippen LogP contribution in [0.25, 0.3) is 22.3 Å². The van der Waals surface area contributed by atoms with E-state index in [4.69, 9.17) is 4.74 Å². The summed E-state index contributed by atoms with van der Waals surface area (Å²) in [6, 6.07) is 1.71. The van der Waals surface area contributed by atoms with Crippen molar-refractivity contribution in [2.24, 2.45) is 0 Å². The van der Waals surface area contributed by atoms with E-state index in [1.807, 2.05) is 0 Å². The molecule has 1 fully saturated rings. The molecule has 118 valence electrons. The Labute approximate surface area is 130 Å². The quantitative estimate of drug-likeness (QED) is 0.587. The lowest BCUT2D eigenvalue weighted by Crippen LogP contribution is -2.18. The van der Waals surface area contributed by atoms with Gasteiger partial charge in [0.15, 0.2) is 5.69 Å². The van der Waals surface area contributed by atoms with Gasteiger partial charge in [0.1, 0.15) is 12.4 Å². The molecule has 9 heteroatoms. The maximum atomic E-state index is 11.4. The van der Waals surface area contributed by atoms with Crippen LogP contribution < -0.4 is 0 Å². The second-order valence-corrected chi connectivity index (χ2v) is 5.45. The van der Waals surface area contributed by atoms with Gasteiger partial charge in [0.25, 0.3) is 0 Å². The zero-order valence-corrected chi connectivity index (χ0v) is 12.2. The van der Waals surface area contributed by atoms with Gasteiger partial charge in [-0.25, -0.2) is 4.68 Å². The number of rotatable bonds is 3. The molecule has 0 saturated carbocycles. The summed E-state index contributed by atoms with van der Waals surface area (Å²) in [4.78, 5) is 15.2. The van der Waals surface area contributed by atoms with Crippen molar-refractivity contribution < 1.29 is 9.66 Å². The van der Waals surface area contributed by atoms with Crippen molar-refractivity contribution in [3.63, 3.8) is 0 Å². The van der Waals surface area contributed by atoms with E-state index in [-0.39, 0.29) is 17.6 Å². The zero-order valence-electron chi connectivity index (χ0n) is 12.2. The molecule has 1 N–H and O–H groups in total. The van der Waals surface area contributed by atoms with Crippen molar-refractivity contribution >= 4 is 16.6 Å². The maximum absolute atomic E-state index is 11.4. The fourth-order valence-electron chi connectivity index (χ4n) is 2.74. The molecule has 1 saturated heterocycles. The number of ether oxygens (including phenoxy) is 1. The normalized spacial score (nSPS) is 18.3. The number of nitro groups is 1. The van der Waals surface area contributed by atoms with Crippen LogP contribution in [-0.2, 0) is 4.74 Å². The largest absolute Gasteiger partial charge is 0.357 e. The number of nitrogens with zero attached hydrogens (tertiary/aromatic N) is 5. The predicted molar refractivity (Wildman–Crippen MR) is 80.6 cm³/mol. The van der Waals surface area contributed by atoms with Crippen molar-refractivity contribution in [2.45, 2.75) is 25.5 Å². The molecule has 4 rings (SSSR count). The summed E-state index contributed by atoms with van der Waals surface area (Å²) < 4.78 is 7.18. The van der Waals surface area contributed by atoms with Gasteiger partial charge >= 0.3 is 5.69 Å². The molecular formula is C14H14N6O3. The fourth-order valence-corrected chi connectivity index (χ4v) is 2.74. The van der Waals surface area contributed by atoms with E-state index >= 15 is 0 Å². The zero-order chi connectivity index (χ0) is 15.8. The molecule has 0 radical (unpaired) electrons. The number of pyridine rings is 1. The Morgan fingerprint density at radius 2 is 2.30 bits per heavy atom. The first-order valence-electron chi connectivity index (χ1n) is 7.37. The lowest BCUT2D eigenvalue weighted by molar-refractivity contribution is -0.384. The first-order valence-corrected chi connectivity index (χ1v) is 7.37. The molecule has 0 spiro atoms. The molecule has 0 aliphatic carbocycles. The Morgan fingerprint density at radius 1 is 1.39 bits per heavy atom. The number of nitrogens with one attached hydrogen (secondary N) is 1. The molecule has 23 heavy (non-hydrogen) atoms. The standard InChI is InChI=1S/C14H14N6O3/c21-20(22)12-8-19(13-3-1-2-4-23-13)18-14(12)11-5-10-9(6-15-11)7-16-17-10/h5-8,13H,1-4H2,(H,16,17). The molecule has 0 amide bonds. The number of hydrogen-bond donors (Lipinski definition) is 1. The third-order valence-corrected chi connectivity index (χ3v) is 3.93. The Morgan fingerprint density at radius 3 is 3.09 bits per heavy atom. The molecule has 1 unspecified atom stereocenters. The van der Waals surface area contributed by atoms with Gasteiger partial charge in [0.05, 0.1) is 22.3 Å². The summed E-state index contributed by atoms with van der Waals surface area (Å²) in [5.41, 5.74) is 1.35. The number of fused-ring (bicyclic) bond motifs is 1. The summed E-state index contributed by atoms with van der Waals surface area (Å²) in [5, 5.41) is 23.3. The van der Waals surface area contributed by atoms with Crippen LogP contribution in [0.5, 0.6) is 0 Å². The Bertz CT molecular complexity index is 864. The van der Waals surface area contributed by atoms with E-state index < -0.39 is 4.92 Å². The summed E-state index contributed by atoms with van der Waals surface area (Å²) in [7, 11) is 0. The second kappa shape index (κ2) is 5.43. The molecule has 1 aliphatic rings. The molecule has 0 aromatic carbocycles. The third kappa shape index (κ3) is 2.44. The van der Waals surface area contributed by atoms with E-state index in [0.717, 1.165) is 30.2 Å². The fraction of sp³-hybridized carbons (Fsp3) is 0.357. The van der Waals surface area contributed by atoms with Crippen molar-refractivity contribution in [1.82, 2.24) is 25.0 Å². The number of H-pyrrole nitrogens is 1. The van der Waals surface area contributed by atoms with Crippen LogP contribution in [0.3, 0.4) is 0 Å². The average molecular weight is 314 g/mol. The van der Waals surface area contributed by atoms with Crippen molar-refractivity contribution in [3.05, 3.63) is 34.8 Å². The van der Waals surface area contributed by atoms with Crippen LogP contribution in [0.4, 0.5) is 5.69 Å². The minimum Gasteiger partial charge on any atom is -0.357 e. The first-order chi connectivity index (χ1) is 11.2. The highest BCUT2D eigenvalue weighted by Gasteiger charge is 2.26. The van der Waals surface area contributed by atoms with Crippen molar-refractivity contribution in [2.75, 3.05) is 6.61 Å². The smallest absolute Gasteiger partial charge is 0.316 e. The van der Waals surface area contributed by atoms with Crippen LogP contribution in [0.15, 0.2) is 24.7 Å². The lowest BCUT2D eigenvalue weighted by atomic mass is 10.2. The third-order valence-electron chi connectivity index (χ3n) is 3.93. The van der Waals surface area contributed by atoms with E-state index in [1.165, 1.54) is 10.9 Å². The summed E-state index contributed by atoms with van der Waals surface area (Å²) in [6.07, 6.45) is 7.25. The molecule has 1 atom stereocenters. The van der Waals surface area contributed by atoms with Crippen molar-refractivity contribution in [1.29, 1.82) is 0 Å². The van der Waals surface area contributed by atoms with Crippen LogP contribution in [0, 0.1) is 10.1 Å². The molecule has 3 aromatic heterocycles. The van der Waals surface area contributed by atoms with E-state index in [0.29, 0.717) is 12.3 Å². The highest BCUT2D eigenvalue weighted by Crippen LogP contribution is 2.31. The predicted octanol–water partition coefficient (Wildman–Crippen LogP) is 2.43. The second-order valence-electron chi connectivity index (χ2n) is 5.45. The Kier molecular flexibility index (Phi) is 3.27. The number of aromatic nitrogens is 5. The number of hydrogen-bond acceptors (Lipinski definition) is 6. The minimum absolute atomic E-state index is 0.0782. The SMILES string of the molecule is O=[N+]([O-])c1cn(C2CCCCO2)nc1-c1cc2[nH]ncc2cn1. The van der Waals surface area contributed by atoms with E-state index in [9.17, 15) is 10.1 Å². The van der Waals surface area contributed by atoms with Crippen LogP contribution in [0.2, 0.25) is 0 Å². The van der Waals surface area contributed by atoms with Crippen LogP contribution in [-0.4, -0.2) is 36.5 Å². The van der Waals surface area contributed by atoms with Crippen molar-refractivity contribution in [3.8, 4) is 11.4 Å². The number of aromatic amines is 1. The minimum atomic E-state index is -0.444. The summed E-state index contributed by atoms with van der Waals surface area (Å²) in [5.74, 6) is 0. The van der Waals surface area contributed by atoms with E-state index in [2.05, 4.69) is 20.3 Å². The van der Waals surface area contributed by atoms with E-state index in [1.54, 1.807) is 18.5 Å². The lowest BCUT2D eigenvalue weighted by Gasteiger charge is -2.22. The topological polar surface area (TPSA) is 112 Å². The van der Waals surface area contributed by atoms with Crippen LogP contribution >= 0.6 is 0 Å².